The number of rotatable bonds is 9. The van der Waals surface area contributed by atoms with Gasteiger partial charge in [0.15, 0.2) is 0 Å². The first kappa shape index (κ1) is 19.2. The lowest BCUT2D eigenvalue weighted by molar-refractivity contribution is -0.384. The predicted molar refractivity (Wildman–Crippen MR) is 99.0 cm³/mol. The maximum absolute atomic E-state index is 11.5. The number of nitrogens with zero attached hydrogens (tertiary/aromatic N) is 1. The van der Waals surface area contributed by atoms with E-state index >= 15 is 0 Å². The molecule has 0 bridgehead atoms. The van der Waals surface area contributed by atoms with Gasteiger partial charge in [0, 0.05) is 23.8 Å². The minimum absolute atomic E-state index is 0.0647. The van der Waals surface area contributed by atoms with Gasteiger partial charge in [0.1, 0.15) is 5.75 Å². The molecule has 2 aromatic carbocycles. The number of benzene rings is 2. The second-order valence-corrected chi connectivity index (χ2v) is 5.50. The highest BCUT2D eigenvalue weighted by molar-refractivity contribution is 5.87. The Labute approximate surface area is 152 Å². The first-order valence-corrected chi connectivity index (χ1v) is 8.40. The highest BCUT2D eigenvalue weighted by atomic mass is 16.6. The van der Waals surface area contributed by atoms with Gasteiger partial charge in [0.25, 0.3) is 5.69 Å². The summed E-state index contributed by atoms with van der Waals surface area (Å²) in [4.78, 5) is 22.0. The van der Waals surface area contributed by atoms with Crippen LogP contribution >= 0.6 is 0 Å². The van der Waals surface area contributed by atoms with Crippen LogP contribution in [0.4, 0.5) is 5.69 Å². The standard InChI is InChI=1S/C20H21NO5/c1-2-25-20(22)13-10-17-15-18(21(23)24)11-12-19(17)26-14-6-9-16-7-4-3-5-8-16/h3-5,7-8,10-13,15H,2,6,9,14H2,1H3. The Morgan fingerprint density at radius 2 is 1.96 bits per heavy atom. The largest absolute Gasteiger partial charge is 0.493 e. The molecule has 0 radical (unpaired) electrons. The lowest BCUT2D eigenvalue weighted by atomic mass is 10.1. The molecule has 0 N–H and O–H groups in total. The van der Waals surface area contributed by atoms with E-state index in [1.807, 2.05) is 18.2 Å². The molecule has 6 nitrogen and oxygen atoms in total. The lowest BCUT2D eigenvalue weighted by Gasteiger charge is -2.09. The highest BCUT2D eigenvalue weighted by Gasteiger charge is 2.10. The second-order valence-electron chi connectivity index (χ2n) is 5.50. The molecule has 0 saturated heterocycles. The van der Waals surface area contributed by atoms with Crippen LogP contribution < -0.4 is 4.74 Å². The van der Waals surface area contributed by atoms with Gasteiger partial charge < -0.3 is 9.47 Å². The smallest absolute Gasteiger partial charge is 0.330 e. The van der Waals surface area contributed by atoms with Crippen molar-refractivity contribution in [3.63, 3.8) is 0 Å². The molecule has 0 amide bonds. The van der Waals surface area contributed by atoms with Gasteiger partial charge in [0.05, 0.1) is 18.1 Å². The quantitative estimate of drug-likeness (QED) is 0.222. The van der Waals surface area contributed by atoms with Gasteiger partial charge in [-0.2, -0.15) is 0 Å². The van der Waals surface area contributed by atoms with Crippen LogP contribution in [-0.4, -0.2) is 24.1 Å². The van der Waals surface area contributed by atoms with E-state index in [1.165, 1.54) is 29.8 Å². The van der Waals surface area contributed by atoms with Gasteiger partial charge in [-0.1, -0.05) is 30.3 Å². The Hall–Kier alpha value is -3.15. The van der Waals surface area contributed by atoms with E-state index in [2.05, 4.69) is 12.1 Å². The van der Waals surface area contributed by atoms with Gasteiger partial charge in [-0.25, -0.2) is 4.79 Å². The lowest BCUT2D eigenvalue weighted by Crippen LogP contribution is -2.02. The fraction of sp³-hybridized carbons (Fsp3) is 0.250. The molecule has 0 atom stereocenters. The minimum Gasteiger partial charge on any atom is -0.493 e. The fourth-order valence-corrected chi connectivity index (χ4v) is 2.36. The molecule has 26 heavy (non-hydrogen) atoms. The molecule has 0 aliphatic rings. The fourth-order valence-electron chi connectivity index (χ4n) is 2.36. The van der Waals surface area contributed by atoms with E-state index in [4.69, 9.17) is 9.47 Å². The molecule has 2 aromatic rings. The van der Waals surface area contributed by atoms with E-state index in [-0.39, 0.29) is 12.3 Å². The second kappa shape index (κ2) is 9.98. The summed E-state index contributed by atoms with van der Waals surface area (Å²) in [5.74, 6) is -0.0155. The number of carbonyl (C=O) groups is 1. The van der Waals surface area contributed by atoms with Crippen molar-refractivity contribution in [2.24, 2.45) is 0 Å². The summed E-state index contributed by atoms with van der Waals surface area (Å²) in [6.07, 6.45) is 4.39. The van der Waals surface area contributed by atoms with Crippen LogP contribution in [0.25, 0.3) is 6.08 Å². The number of hydrogen-bond donors (Lipinski definition) is 0. The molecule has 0 saturated carbocycles. The van der Waals surface area contributed by atoms with Gasteiger partial charge in [-0.3, -0.25) is 10.1 Å². The summed E-state index contributed by atoms with van der Waals surface area (Å²) in [6.45, 7) is 2.44. The maximum Gasteiger partial charge on any atom is 0.330 e. The molecule has 0 aromatic heterocycles. The molecule has 0 aliphatic heterocycles. The van der Waals surface area contributed by atoms with Crippen molar-refractivity contribution in [1.29, 1.82) is 0 Å². The third-order valence-corrected chi connectivity index (χ3v) is 3.60. The number of ether oxygens (including phenoxy) is 2. The number of nitro groups is 1. The Morgan fingerprint density at radius 3 is 2.65 bits per heavy atom. The van der Waals surface area contributed by atoms with E-state index in [0.717, 1.165) is 12.8 Å². The molecule has 0 spiro atoms. The molecule has 0 heterocycles. The number of hydrogen-bond acceptors (Lipinski definition) is 5. The minimum atomic E-state index is -0.506. The first-order chi connectivity index (χ1) is 12.6. The zero-order chi connectivity index (χ0) is 18.8. The zero-order valence-corrected chi connectivity index (χ0v) is 14.6. The van der Waals surface area contributed by atoms with Gasteiger partial charge in [-0.05, 0) is 37.5 Å². The zero-order valence-electron chi connectivity index (χ0n) is 14.6. The van der Waals surface area contributed by atoms with Crippen LogP contribution in [0.5, 0.6) is 5.75 Å². The van der Waals surface area contributed by atoms with Crippen LogP contribution in [0.15, 0.2) is 54.6 Å². The van der Waals surface area contributed by atoms with E-state index < -0.39 is 10.9 Å². The maximum atomic E-state index is 11.5. The number of aryl methyl sites for hydroxylation is 1. The number of esters is 1. The van der Waals surface area contributed by atoms with Crippen molar-refractivity contribution in [1.82, 2.24) is 0 Å². The predicted octanol–water partition coefficient (Wildman–Crippen LogP) is 4.18. The Bertz CT molecular complexity index is 771. The van der Waals surface area contributed by atoms with Crippen molar-refractivity contribution in [2.75, 3.05) is 13.2 Å². The molecule has 2 rings (SSSR count). The van der Waals surface area contributed by atoms with Crippen LogP contribution in [0, 0.1) is 10.1 Å². The summed E-state index contributed by atoms with van der Waals surface area (Å²) in [7, 11) is 0. The van der Waals surface area contributed by atoms with E-state index in [0.29, 0.717) is 17.9 Å². The Morgan fingerprint density at radius 1 is 1.19 bits per heavy atom. The van der Waals surface area contributed by atoms with Crippen molar-refractivity contribution in [3.8, 4) is 5.75 Å². The molecule has 0 unspecified atom stereocenters. The summed E-state index contributed by atoms with van der Waals surface area (Å²) in [5.41, 5.74) is 1.62. The molecular formula is C20H21NO5. The summed E-state index contributed by atoms with van der Waals surface area (Å²) >= 11 is 0. The number of non-ortho nitro benzene ring substituents is 1. The van der Waals surface area contributed by atoms with E-state index in [9.17, 15) is 14.9 Å². The molecule has 6 heteroatoms. The normalized spacial score (nSPS) is 10.7. The van der Waals surface area contributed by atoms with E-state index in [1.54, 1.807) is 13.0 Å². The topological polar surface area (TPSA) is 78.7 Å². The van der Waals surface area contributed by atoms with Crippen LogP contribution in [0.3, 0.4) is 0 Å². The average molecular weight is 355 g/mol. The van der Waals surface area contributed by atoms with Crippen molar-refractivity contribution >= 4 is 17.7 Å². The molecule has 136 valence electrons. The SMILES string of the molecule is CCOC(=O)C=Cc1cc([N+](=O)[O-])ccc1OCCCc1ccccc1. The van der Waals surface area contributed by atoms with Crippen molar-refractivity contribution < 1.29 is 19.2 Å². The van der Waals surface area contributed by atoms with Crippen molar-refractivity contribution in [2.45, 2.75) is 19.8 Å². The Kier molecular flexibility index (Phi) is 7.36. The van der Waals surface area contributed by atoms with Crippen LogP contribution in [0.1, 0.15) is 24.5 Å². The van der Waals surface area contributed by atoms with Crippen LogP contribution in [-0.2, 0) is 16.0 Å². The third-order valence-electron chi connectivity index (χ3n) is 3.60. The van der Waals surface area contributed by atoms with Gasteiger partial charge in [0.2, 0.25) is 0 Å². The molecule has 0 aliphatic carbocycles. The van der Waals surface area contributed by atoms with Crippen molar-refractivity contribution in [3.05, 3.63) is 75.8 Å². The number of nitro benzene ring substituents is 1. The number of carbonyl (C=O) groups excluding carboxylic acids is 1. The van der Waals surface area contributed by atoms with Crippen LogP contribution in [0.2, 0.25) is 0 Å². The average Bonchev–Trinajstić information content (AvgIpc) is 2.65. The first-order valence-electron chi connectivity index (χ1n) is 8.40. The van der Waals surface area contributed by atoms with Gasteiger partial charge in [-0.15, -0.1) is 0 Å². The highest BCUT2D eigenvalue weighted by Crippen LogP contribution is 2.26. The molecule has 0 fully saturated rings. The monoisotopic (exact) mass is 355 g/mol. The third kappa shape index (κ3) is 6.05. The summed E-state index contributed by atoms with van der Waals surface area (Å²) in [5, 5.41) is 11.0. The Balaban J connectivity index is 2.03. The molecular weight excluding hydrogens is 334 g/mol. The van der Waals surface area contributed by atoms with Gasteiger partial charge >= 0.3 is 5.97 Å². The summed E-state index contributed by atoms with van der Waals surface area (Å²) < 4.78 is 10.6. The summed E-state index contributed by atoms with van der Waals surface area (Å²) in [6, 6.07) is 14.4.